The van der Waals surface area contributed by atoms with Gasteiger partial charge in [0.2, 0.25) is 11.9 Å². The number of aliphatic hydroxyl groups excluding tert-OH is 2. The molecule has 1 fully saturated rings. The highest BCUT2D eigenvalue weighted by molar-refractivity contribution is 5.24. The first kappa shape index (κ1) is 15.4. The van der Waals surface area contributed by atoms with Gasteiger partial charge >= 0.3 is 5.69 Å². The number of hydrogen-bond acceptors (Lipinski definition) is 7. The summed E-state index contributed by atoms with van der Waals surface area (Å²) in [4.78, 5) is 15.2. The van der Waals surface area contributed by atoms with Crippen LogP contribution >= 0.6 is 0 Å². The van der Waals surface area contributed by atoms with Gasteiger partial charge in [-0.3, -0.25) is 0 Å². The molecule has 4 N–H and O–H groups in total. The minimum Gasteiger partial charge on any atom is -0.391 e. The molecule has 9 heteroatoms. The Morgan fingerprint density at radius 1 is 1.67 bits per heavy atom. The topological polar surface area (TPSA) is 123 Å². The fourth-order valence-electron chi connectivity index (χ4n) is 2.17. The highest BCUT2D eigenvalue weighted by atomic mass is 19.1. The van der Waals surface area contributed by atoms with Gasteiger partial charge < -0.3 is 20.7 Å². The Kier molecular flexibility index (Phi) is 3.95. The smallest absolute Gasteiger partial charge is 0.368 e. The molecule has 1 unspecified atom stereocenters. The van der Waals surface area contributed by atoms with E-state index in [9.17, 15) is 15.0 Å². The SMILES string of the molecule is CC#CC1(F)[C@@H](O)[C@@H]([C@@H](C)O)O[C@H]1n1ncc(N)nc1=O. The standard InChI is InChI=1S/C12H15FN4O4/c1-3-4-12(13)9(19)8(6(2)18)21-10(12)17-11(20)16-7(14)5-15-17/h5-6,8-10,18-19H,1-2H3,(H2,14,16,20)/t6-,8-,9+,10-,12?/m1/s1. The van der Waals surface area contributed by atoms with E-state index in [1.807, 2.05) is 0 Å². The average Bonchev–Trinajstić information content (AvgIpc) is 2.64. The van der Waals surface area contributed by atoms with Crippen molar-refractivity contribution in [3.8, 4) is 11.8 Å². The van der Waals surface area contributed by atoms with Crippen molar-refractivity contribution in [1.29, 1.82) is 0 Å². The lowest BCUT2D eigenvalue weighted by molar-refractivity contribution is -0.0849. The number of halogens is 1. The van der Waals surface area contributed by atoms with E-state index >= 15 is 4.39 Å². The Hall–Kier alpha value is -2.02. The third kappa shape index (κ3) is 2.49. The van der Waals surface area contributed by atoms with E-state index in [0.29, 0.717) is 4.68 Å². The molecule has 0 radical (unpaired) electrons. The molecular weight excluding hydrogens is 283 g/mol. The van der Waals surface area contributed by atoms with E-state index in [0.717, 1.165) is 6.20 Å². The second-order valence-electron chi connectivity index (χ2n) is 4.69. The molecule has 0 spiro atoms. The summed E-state index contributed by atoms with van der Waals surface area (Å²) in [5.41, 5.74) is 1.76. The van der Waals surface area contributed by atoms with Crippen molar-refractivity contribution < 1.29 is 19.3 Å². The summed E-state index contributed by atoms with van der Waals surface area (Å²) in [7, 11) is 0. The van der Waals surface area contributed by atoms with Gasteiger partial charge in [0.15, 0.2) is 0 Å². The molecule has 1 aromatic heterocycles. The van der Waals surface area contributed by atoms with Crippen molar-refractivity contribution >= 4 is 5.82 Å². The molecule has 0 aliphatic carbocycles. The summed E-state index contributed by atoms with van der Waals surface area (Å²) in [6.07, 6.45) is -4.77. The Morgan fingerprint density at radius 3 is 2.86 bits per heavy atom. The molecule has 1 aromatic rings. The van der Waals surface area contributed by atoms with E-state index in [1.165, 1.54) is 13.8 Å². The van der Waals surface area contributed by atoms with Gasteiger partial charge in [0.25, 0.3) is 0 Å². The van der Waals surface area contributed by atoms with Crippen LogP contribution in [0.5, 0.6) is 0 Å². The van der Waals surface area contributed by atoms with E-state index in [2.05, 4.69) is 21.9 Å². The molecule has 2 heterocycles. The third-order valence-electron chi connectivity index (χ3n) is 3.14. The van der Waals surface area contributed by atoms with Gasteiger partial charge in [0.1, 0.15) is 18.0 Å². The highest BCUT2D eigenvalue weighted by Gasteiger charge is 2.59. The van der Waals surface area contributed by atoms with Crippen LogP contribution < -0.4 is 11.4 Å². The average molecular weight is 298 g/mol. The Labute approximate surface area is 119 Å². The summed E-state index contributed by atoms with van der Waals surface area (Å²) in [6, 6.07) is 0. The van der Waals surface area contributed by atoms with Crippen molar-refractivity contribution in [2.45, 2.75) is 44.1 Å². The fourth-order valence-corrected chi connectivity index (χ4v) is 2.17. The minimum atomic E-state index is -2.61. The second kappa shape index (κ2) is 5.40. The number of nitrogen functional groups attached to an aromatic ring is 1. The predicted molar refractivity (Wildman–Crippen MR) is 69.6 cm³/mol. The number of aliphatic hydroxyl groups is 2. The lowest BCUT2D eigenvalue weighted by Crippen LogP contribution is -2.46. The quantitative estimate of drug-likeness (QED) is 0.573. The van der Waals surface area contributed by atoms with Gasteiger partial charge in [-0.1, -0.05) is 5.92 Å². The minimum absolute atomic E-state index is 0.132. The fraction of sp³-hybridized carbons (Fsp3) is 0.583. The van der Waals surface area contributed by atoms with Crippen LogP contribution in [-0.2, 0) is 4.74 Å². The normalized spacial score (nSPS) is 33.3. The Bertz CT molecular complexity index is 653. The van der Waals surface area contributed by atoms with Crippen molar-refractivity contribution in [1.82, 2.24) is 14.8 Å². The van der Waals surface area contributed by atoms with Crippen LogP contribution in [0.15, 0.2) is 11.0 Å². The maximum absolute atomic E-state index is 15.0. The molecular formula is C12H15FN4O4. The second-order valence-corrected chi connectivity index (χ2v) is 4.69. The molecule has 5 atom stereocenters. The van der Waals surface area contributed by atoms with Gasteiger partial charge in [-0.15, -0.1) is 5.92 Å². The molecule has 1 aliphatic heterocycles. The molecule has 0 bridgehead atoms. The van der Waals surface area contributed by atoms with E-state index in [4.69, 9.17) is 10.5 Å². The number of rotatable bonds is 2. The summed E-state index contributed by atoms with van der Waals surface area (Å²) in [6.45, 7) is 2.70. The Balaban J connectivity index is 2.54. The number of ether oxygens (including phenoxy) is 1. The number of nitrogens with zero attached hydrogens (tertiary/aromatic N) is 3. The van der Waals surface area contributed by atoms with Crippen LogP contribution in [0.3, 0.4) is 0 Å². The molecule has 1 saturated heterocycles. The highest BCUT2D eigenvalue weighted by Crippen LogP contribution is 2.41. The number of anilines is 1. The summed E-state index contributed by atoms with van der Waals surface area (Å²) >= 11 is 0. The monoisotopic (exact) mass is 298 g/mol. The zero-order chi connectivity index (χ0) is 15.8. The zero-order valence-corrected chi connectivity index (χ0v) is 11.4. The molecule has 114 valence electrons. The molecule has 1 aliphatic rings. The van der Waals surface area contributed by atoms with Gasteiger partial charge in [0.05, 0.1) is 12.3 Å². The van der Waals surface area contributed by atoms with E-state index in [1.54, 1.807) is 0 Å². The first-order valence-electron chi connectivity index (χ1n) is 6.17. The number of alkyl halides is 1. The van der Waals surface area contributed by atoms with E-state index in [-0.39, 0.29) is 5.82 Å². The molecule has 21 heavy (non-hydrogen) atoms. The van der Waals surface area contributed by atoms with Crippen molar-refractivity contribution in [3.05, 3.63) is 16.7 Å². The third-order valence-corrected chi connectivity index (χ3v) is 3.14. The van der Waals surface area contributed by atoms with Crippen LogP contribution in [0.1, 0.15) is 20.1 Å². The van der Waals surface area contributed by atoms with Crippen LogP contribution in [0.25, 0.3) is 0 Å². The van der Waals surface area contributed by atoms with Crippen molar-refractivity contribution in [3.63, 3.8) is 0 Å². The van der Waals surface area contributed by atoms with Crippen LogP contribution in [0.2, 0.25) is 0 Å². The lowest BCUT2D eigenvalue weighted by Gasteiger charge is -2.23. The Morgan fingerprint density at radius 2 is 2.33 bits per heavy atom. The first-order chi connectivity index (χ1) is 9.81. The van der Waals surface area contributed by atoms with Crippen LogP contribution in [-0.4, -0.2) is 49.0 Å². The maximum atomic E-state index is 15.0. The largest absolute Gasteiger partial charge is 0.391 e. The summed E-state index contributed by atoms with van der Waals surface area (Å²) in [5, 5.41) is 23.3. The van der Waals surface area contributed by atoms with Crippen LogP contribution in [0, 0.1) is 11.8 Å². The number of hydrogen-bond donors (Lipinski definition) is 3. The van der Waals surface area contributed by atoms with Crippen molar-refractivity contribution in [2.24, 2.45) is 0 Å². The molecule has 0 aromatic carbocycles. The lowest BCUT2D eigenvalue weighted by atomic mass is 9.94. The summed E-state index contributed by atoms with van der Waals surface area (Å²) < 4.78 is 20.9. The summed E-state index contributed by atoms with van der Waals surface area (Å²) in [5.74, 6) is 4.39. The molecule has 0 saturated carbocycles. The van der Waals surface area contributed by atoms with Crippen LogP contribution in [0.4, 0.5) is 10.2 Å². The number of nitrogens with two attached hydrogens (primary N) is 1. The zero-order valence-electron chi connectivity index (χ0n) is 11.4. The molecule has 8 nitrogen and oxygen atoms in total. The predicted octanol–water partition coefficient (Wildman–Crippen LogP) is -1.41. The number of aromatic nitrogens is 3. The molecule has 2 rings (SSSR count). The van der Waals surface area contributed by atoms with Gasteiger partial charge in [-0.2, -0.15) is 14.8 Å². The van der Waals surface area contributed by atoms with Gasteiger partial charge in [-0.25, -0.2) is 9.18 Å². The molecule has 0 amide bonds. The van der Waals surface area contributed by atoms with Gasteiger partial charge in [-0.05, 0) is 13.8 Å². The van der Waals surface area contributed by atoms with E-state index < -0.39 is 35.9 Å². The van der Waals surface area contributed by atoms with Crippen molar-refractivity contribution in [2.75, 3.05) is 5.73 Å². The van der Waals surface area contributed by atoms with Gasteiger partial charge in [0, 0.05) is 0 Å². The first-order valence-corrected chi connectivity index (χ1v) is 6.17. The maximum Gasteiger partial charge on any atom is 0.368 e.